The highest BCUT2D eigenvalue weighted by atomic mass is 19.4. The summed E-state index contributed by atoms with van der Waals surface area (Å²) in [5.41, 5.74) is -2.27. The molecule has 0 spiro atoms. The van der Waals surface area contributed by atoms with E-state index >= 15 is 0 Å². The van der Waals surface area contributed by atoms with E-state index in [0.717, 1.165) is 6.07 Å². The van der Waals surface area contributed by atoms with Gasteiger partial charge in [-0.3, -0.25) is 9.59 Å². The quantitative estimate of drug-likeness (QED) is 0.622. The van der Waals surface area contributed by atoms with Gasteiger partial charge >= 0.3 is 12.1 Å². The maximum Gasteiger partial charge on any atom is 0.419 e. The van der Waals surface area contributed by atoms with E-state index in [0.29, 0.717) is 0 Å². The summed E-state index contributed by atoms with van der Waals surface area (Å²) in [6.07, 6.45) is -3.99. The number of carboxylic acid groups (broad SMARTS) is 1. The molecule has 2 rings (SSSR count). The third-order valence-electron chi connectivity index (χ3n) is 3.43. The molecule has 1 aromatic rings. The number of hydrogen-bond donors (Lipinski definition) is 2. The molecule has 0 radical (unpaired) electrons. The number of hydrogen-bond acceptors (Lipinski definition) is 3. The number of aliphatic carboxylic acids is 1. The van der Waals surface area contributed by atoms with Crippen LogP contribution in [-0.2, 0) is 15.8 Å². The normalized spacial score (nSPS) is 16.0. The van der Waals surface area contributed by atoms with E-state index in [2.05, 4.69) is 5.32 Å². The maximum atomic E-state index is 12.7. The Bertz CT molecular complexity index is 582. The topological polar surface area (TPSA) is 75.6 Å². The van der Waals surface area contributed by atoms with Gasteiger partial charge in [-0.1, -0.05) is 12.1 Å². The van der Waals surface area contributed by atoms with E-state index in [9.17, 15) is 22.8 Å². The summed E-state index contributed by atoms with van der Waals surface area (Å²) in [6, 6.07) is 4.75. The van der Waals surface area contributed by atoms with Gasteiger partial charge in [-0.25, -0.2) is 0 Å². The third-order valence-corrected chi connectivity index (χ3v) is 3.43. The summed E-state index contributed by atoms with van der Waals surface area (Å²) in [6.45, 7) is -0.255. The van der Waals surface area contributed by atoms with Crippen LogP contribution < -0.4 is 10.1 Å². The molecule has 1 saturated carbocycles. The Labute approximate surface area is 124 Å². The fraction of sp³-hybridized carbons (Fsp3) is 0.429. The smallest absolute Gasteiger partial charge is 0.419 e. The van der Waals surface area contributed by atoms with Crippen molar-refractivity contribution >= 4 is 11.9 Å². The predicted octanol–water partition coefficient (Wildman–Crippen LogP) is 2.07. The van der Waals surface area contributed by atoms with E-state index in [1.165, 1.54) is 18.2 Å². The molecule has 5 nitrogen and oxygen atoms in total. The minimum absolute atomic E-state index is 0.0694. The van der Waals surface area contributed by atoms with Gasteiger partial charge in [-0.05, 0) is 25.0 Å². The van der Waals surface area contributed by atoms with Crippen molar-refractivity contribution in [1.29, 1.82) is 0 Å². The van der Waals surface area contributed by atoms with Crippen LogP contribution in [0.3, 0.4) is 0 Å². The van der Waals surface area contributed by atoms with Crippen molar-refractivity contribution in [2.45, 2.75) is 19.0 Å². The summed E-state index contributed by atoms with van der Waals surface area (Å²) in [7, 11) is 0. The molecule has 1 aliphatic carbocycles. The van der Waals surface area contributed by atoms with Crippen LogP contribution in [0.5, 0.6) is 5.75 Å². The van der Waals surface area contributed by atoms with Crippen molar-refractivity contribution in [2.75, 3.05) is 13.2 Å². The summed E-state index contributed by atoms with van der Waals surface area (Å²) >= 11 is 0. The van der Waals surface area contributed by atoms with Gasteiger partial charge in [0.2, 0.25) is 5.91 Å². The molecule has 1 aromatic carbocycles. The highest BCUT2D eigenvalue weighted by Crippen LogP contribution is 2.46. The predicted molar refractivity (Wildman–Crippen MR) is 69.3 cm³/mol. The zero-order valence-electron chi connectivity index (χ0n) is 11.4. The summed E-state index contributed by atoms with van der Waals surface area (Å²) in [5, 5.41) is 11.3. The first kappa shape index (κ1) is 16.1. The summed E-state index contributed by atoms with van der Waals surface area (Å²) < 4.78 is 43.2. The first-order valence-corrected chi connectivity index (χ1v) is 6.58. The van der Waals surface area contributed by atoms with Crippen LogP contribution in [0.15, 0.2) is 24.3 Å². The lowest BCUT2D eigenvalue weighted by Gasteiger charge is -2.14. The largest absolute Gasteiger partial charge is 0.491 e. The molecular weight excluding hydrogens is 303 g/mol. The number of carbonyl (C=O) groups excluding carboxylic acids is 1. The average molecular weight is 317 g/mol. The monoisotopic (exact) mass is 317 g/mol. The second kappa shape index (κ2) is 5.86. The molecule has 2 N–H and O–H groups in total. The fourth-order valence-electron chi connectivity index (χ4n) is 1.98. The molecule has 0 aromatic heterocycles. The highest BCUT2D eigenvalue weighted by Gasteiger charge is 2.56. The Kier molecular flexibility index (Phi) is 4.30. The minimum Gasteiger partial charge on any atom is -0.491 e. The van der Waals surface area contributed by atoms with Gasteiger partial charge in [0, 0.05) is 0 Å². The molecule has 8 heteroatoms. The molecule has 0 bridgehead atoms. The van der Waals surface area contributed by atoms with Gasteiger partial charge in [0.1, 0.15) is 17.8 Å². The van der Waals surface area contributed by atoms with Crippen molar-refractivity contribution in [3.63, 3.8) is 0 Å². The van der Waals surface area contributed by atoms with Crippen LogP contribution in [0.2, 0.25) is 0 Å². The molecule has 0 saturated heterocycles. The van der Waals surface area contributed by atoms with E-state index < -0.39 is 29.0 Å². The molecular formula is C14H14F3NO4. The van der Waals surface area contributed by atoms with Crippen LogP contribution >= 0.6 is 0 Å². The standard InChI is InChI=1S/C14H14F3NO4/c15-14(16,17)9-3-1-2-4-10(9)22-8-7-18-11(19)13(5-6-13)12(20)21/h1-4H,5-8H2,(H,18,19)(H,20,21). The molecule has 1 fully saturated rings. The van der Waals surface area contributed by atoms with Gasteiger partial charge in [0.15, 0.2) is 0 Å². The number of rotatable bonds is 6. The van der Waals surface area contributed by atoms with Crippen LogP contribution in [0, 0.1) is 5.41 Å². The van der Waals surface area contributed by atoms with E-state index in [1.54, 1.807) is 0 Å². The van der Waals surface area contributed by atoms with Crippen LogP contribution in [0.4, 0.5) is 13.2 Å². The SMILES string of the molecule is O=C(O)C1(C(=O)NCCOc2ccccc2C(F)(F)F)CC1. The lowest BCUT2D eigenvalue weighted by molar-refractivity contribution is -0.149. The Morgan fingerprint density at radius 3 is 2.45 bits per heavy atom. The van der Waals surface area contributed by atoms with E-state index in [4.69, 9.17) is 9.84 Å². The maximum absolute atomic E-state index is 12.7. The van der Waals surface area contributed by atoms with Gasteiger partial charge in [0.25, 0.3) is 0 Å². The number of alkyl halides is 3. The Morgan fingerprint density at radius 2 is 1.91 bits per heavy atom. The number of carbonyl (C=O) groups is 2. The van der Waals surface area contributed by atoms with Crippen molar-refractivity contribution < 1.29 is 32.6 Å². The minimum atomic E-state index is -4.53. The Balaban J connectivity index is 1.85. The molecule has 0 aliphatic heterocycles. The second-order valence-corrected chi connectivity index (χ2v) is 4.99. The van der Waals surface area contributed by atoms with Crippen molar-refractivity contribution in [3.05, 3.63) is 29.8 Å². The number of halogens is 3. The van der Waals surface area contributed by atoms with Crippen LogP contribution in [0.25, 0.3) is 0 Å². The first-order valence-electron chi connectivity index (χ1n) is 6.58. The first-order chi connectivity index (χ1) is 10.3. The molecule has 120 valence electrons. The van der Waals surface area contributed by atoms with Crippen molar-refractivity contribution in [1.82, 2.24) is 5.32 Å². The average Bonchev–Trinajstić information content (AvgIpc) is 3.24. The number of carboxylic acids is 1. The van der Waals surface area contributed by atoms with E-state index in [1.807, 2.05) is 0 Å². The lowest BCUT2D eigenvalue weighted by Crippen LogP contribution is -2.38. The van der Waals surface area contributed by atoms with E-state index in [-0.39, 0.29) is 31.7 Å². The van der Waals surface area contributed by atoms with Crippen molar-refractivity contribution in [3.8, 4) is 5.75 Å². The zero-order chi connectivity index (χ0) is 16.4. The lowest BCUT2D eigenvalue weighted by atomic mass is 10.1. The number of ether oxygens (including phenoxy) is 1. The Morgan fingerprint density at radius 1 is 1.27 bits per heavy atom. The number of amides is 1. The van der Waals surface area contributed by atoms with Crippen molar-refractivity contribution in [2.24, 2.45) is 5.41 Å². The fourth-order valence-corrected chi connectivity index (χ4v) is 1.98. The summed E-state index contributed by atoms with van der Waals surface area (Å²) in [4.78, 5) is 22.6. The highest BCUT2D eigenvalue weighted by molar-refractivity contribution is 6.04. The van der Waals surface area contributed by atoms with Gasteiger partial charge in [-0.15, -0.1) is 0 Å². The Hall–Kier alpha value is -2.25. The molecule has 0 atom stereocenters. The molecule has 1 amide bonds. The number of nitrogens with one attached hydrogen (secondary N) is 1. The van der Waals surface area contributed by atoms with Crippen LogP contribution in [0.1, 0.15) is 18.4 Å². The van der Waals surface area contributed by atoms with Gasteiger partial charge in [0.05, 0.1) is 12.1 Å². The number of para-hydroxylation sites is 1. The molecule has 22 heavy (non-hydrogen) atoms. The van der Waals surface area contributed by atoms with Gasteiger partial charge in [-0.2, -0.15) is 13.2 Å². The summed E-state index contributed by atoms with van der Waals surface area (Å²) in [5.74, 6) is -2.15. The third kappa shape index (κ3) is 3.32. The second-order valence-electron chi connectivity index (χ2n) is 4.99. The van der Waals surface area contributed by atoms with Gasteiger partial charge < -0.3 is 15.2 Å². The number of benzene rings is 1. The molecule has 1 aliphatic rings. The molecule has 0 heterocycles. The molecule has 0 unspecified atom stereocenters. The zero-order valence-corrected chi connectivity index (χ0v) is 11.4. The van der Waals surface area contributed by atoms with Crippen LogP contribution in [-0.4, -0.2) is 30.1 Å².